The fourth-order valence-corrected chi connectivity index (χ4v) is 4.64. The third-order valence-electron chi connectivity index (χ3n) is 4.79. The lowest BCUT2D eigenvalue weighted by molar-refractivity contribution is 0.00437. The number of hydrogen-bond acceptors (Lipinski definition) is 4. The number of carbonyl (C=O) groups is 1. The summed E-state index contributed by atoms with van der Waals surface area (Å²) in [6.45, 7) is 8.03. The van der Waals surface area contributed by atoms with E-state index >= 15 is 0 Å². The van der Waals surface area contributed by atoms with Gasteiger partial charge in [-0.05, 0) is 64.8 Å². The van der Waals surface area contributed by atoms with Gasteiger partial charge in [0.25, 0.3) is 0 Å². The van der Waals surface area contributed by atoms with E-state index in [-0.39, 0.29) is 6.09 Å². The molecule has 1 amide bonds. The summed E-state index contributed by atoms with van der Waals surface area (Å²) in [6, 6.07) is 5.82. The molecule has 3 atom stereocenters. The molecular formula is C18H28N2O2S. The fourth-order valence-electron chi connectivity index (χ4n) is 3.90. The number of nitrogens with zero attached hydrogens (tertiary/aromatic N) is 1. The number of nitrogens with one attached hydrogen (secondary N) is 1. The minimum atomic E-state index is -0.417. The maximum absolute atomic E-state index is 12.5. The molecule has 2 fully saturated rings. The van der Waals surface area contributed by atoms with Crippen molar-refractivity contribution >= 4 is 17.4 Å². The zero-order valence-electron chi connectivity index (χ0n) is 14.5. The van der Waals surface area contributed by atoms with Crippen LogP contribution in [0.25, 0.3) is 0 Å². The van der Waals surface area contributed by atoms with Gasteiger partial charge in [-0.3, -0.25) is 0 Å². The van der Waals surface area contributed by atoms with Crippen LogP contribution in [-0.4, -0.2) is 34.7 Å². The topological polar surface area (TPSA) is 41.6 Å². The van der Waals surface area contributed by atoms with Crippen molar-refractivity contribution in [1.29, 1.82) is 0 Å². The smallest absolute Gasteiger partial charge is 0.410 e. The van der Waals surface area contributed by atoms with Crippen LogP contribution < -0.4 is 5.32 Å². The summed E-state index contributed by atoms with van der Waals surface area (Å²) in [5, 5.41) is 5.89. The highest BCUT2D eigenvalue weighted by molar-refractivity contribution is 7.10. The van der Waals surface area contributed by atoms with Crippen LogP contribution in [0.2, 0.25) is 0 Å². The Bertz CT molecular complexity index is 524. The van der Waals surface area contributed by atoms with Crippen LogP contribution in [0.4, 0.5) is 4.79 Å². The second-order valence-corrected chi connectivity index (χ2v) is 8.82. The van der Waals surface area contributed by atoms with Gasteiger partial charge in [0.05, 0.1) is 0 Å². The molecule has 128 valence electrons. The van der Waals surface area contributed by atoms with Crippen molar-refractivity contribution in [3.05, 3.63) is 22.4 Å². The van der Waals surface area contributed by atoms with Gasteiger partial charge in [0.2, 0.25) is 0 Å². The summed E-state index contributed by atoms with van der Waals surface area (Å²) in [5.74, 6) is 0. The zero-order chi connectivity index (χ0) is 16.6. The number of fused-ring (bicyclic) bond motifs is 2. The Morgan fingerprint density at radius 1 is 1.35 bits per heavy atom. The number of amides is 1. The first-order valence-electron chi connectivity index (χ1n) is 8.64. The van der Waals surface area contributed by atoms with Gasteiger partial charge in [-0.1, -0.05) is 6.07 Å². The number of rotatable bonds is 3. The molecule has 23 heavy (non-hydrogen) atoms. The maximum Gasteiger partial charge on any atom is 0.410 e. The Balaban J connectivity index is 1.59. The lowest BCUT2D eigenvalue weighted by Crippen LogP contribution is -2.52. The molecule has 0 radical (unpaired) electrons. The highest BCUT2D eigenvalue weighted by Gasteiger charge is 2.44. The zero-order valence-corrected chi connectivity index (χ0v) is 15.4. The molecular weight excluding hydrogens is 308 g/mol. The van der Waals surface area contributed by atoms with E-state index in [1.165, 1.54) is 4.88 Å². The van der Waals surface area contributed by atoms with Crippen LogP contribution in [-0.2, 0) is 4.74 Å². The van der Waals surface area contributed by atoms with Gasteiger partial charge >= 0.3 is 6.09 Å². The molecule has 2 unspecified atom stereocenters. The van der Waals surface area contributed by atoms with Crippen LogP contribution in [0.5, 0.6) is 0 Å². The van der Waals surface area contributed by atoms with Gasteiger partial charge in [0.1, 0.15) is 5.60 Å². The number of thiophene rings is 1. The van der Waals surface area contributed by atoms with Gasteiger partial charge in [0.15, 0.2) is 0 Å². The third kappa shape index (κ3) is 3.89. The molecule has 2 aliphatic rings. The van der Waals surface area contributed by atoms with Crippen molar-refractivity contribution in [2.24, 2.45) is 0 Å². The van der Waals surface area contributed by atoms with E-state index in [9.17, 15) is 4.79 Å². The second kappa shape index (κ2) is 6.44. The van der Waals surface area contributed by atoms with Gasteiger partial charge < -0.3 is 15.0 Å². The molecule has 0 aromatic carbocycles. The molecule has 3 rings (SSSR count). The largest absolute Gasteiger partial charge is 0.444 e. The predicted molar refractivity (Wildman–Crippen MR) is 93.8 cm³/mol. The van der Waals surface area contributed by atoms with Crippen LogP contribution >= 0.6 is 11.3 Å². The van der Waals surface area contributed by atoms with E-state index in [1.54, 1.807) is 11.3 Å². The standard InChI is InChI=1S/C18H28N2O2S/c1-12(16-6-5-9-23-16)19-13-10-14-7-8-15(11-13)20(14)17(21)22-18(2,3)4/h5-6,9,12-15,19H,7-8,10-11H2,1-4H3/t12-,13?,14?,15?/m0/s1. The molecule has 2 aliphatic heterocycles. The molecule has 2 bridgehead atoms. The molecule has 2 saturated heterocycles. The van der Waals surface area contributed by atoms with Gasteiger partial charge in [0, 0.05) is 29.0 Å². The Hall–Kier alpha value is -1.07. The normalized spacial score (nSPS) is 28.7. The van der Waals surface area contributed by atoms with E-state index in [1.807, 2.05) is 25.7 Å². The van der Waals surface area contributed by atoms with E-state index in [2.05, 4.69) is 29.8 Å². The highest BCUT2D eigenvalue weighted by Crippen LogP contribution is 2.37. The van der Waals surface area contributed by atoms with Crippen molar-refractivity contribution in [1.82, 2.24) is 10.2 Å². The van der Waals surface area contributed by atoms with Crippen molar-refractivity contribution < 1.29 is 9.53 Å². The average Bonchev–Trinajstić information content (AvgIpc) is 3.04. The van der Waals surface area contributed by atoms with Crippen LogP contribution in [0, 0.1) is 0 Å². The first kappa shape index (κ1) is 16.8. The highest BCUT2D eigenvalue weighted by atomic mass is 32.1. The molecule has 0 aliphatic carbocycles. The summed E-state index contributed by atoms with van der Waals surface area (Å²) in [4.78, 5) is 15.9. The summed E-state index contributed by atoms with van der Waals surface area (Å²) in [5.41, 5.74) is -0.417. The van der Waals surface area contributed by atoms with E-state index in [0.717, 1.165) is 25.7 Å². The molecule has 0 spiro atoms. The first-order chi connectivity index (χ1) is 10.8. The Morgan fingerprint density at radius 3 is 2.52 bits per heavy atom. The van der Waals surface area contributed by atoms with Gasteiger partial charge in [-0.25, -0.2) is 4.79 Å². The van der Waals surface area contributed by atoms with Crippen molar-refractivity contribution in [3.63, 3.8) is 0 Å². The SMILES string of the molecule is C[C@H](NC1CC2CCC(C1)N2C(=O)OC(C)(C)C)c1cccs1. The number of hydrogen-bond donors (Lipinski definition) is 1. The summed E-state index contributed by atoms with van der Waals surface area (Å²) in [6.07, 6.45) is 4.15. The molecule has 0 saturated carbocycles. The van der Waals surface area contributed by atoms with Gasteiger partial charge in [-0.2, -0.15) is 0 Å². The lowest BCUT2D eigenvalue weighted by Gasteiger charge is -2.40. The van der Waals surface area contributed by atoms with E-state index in [0.29, 0.717) is 24.2 Å². The quantitative estimate of drug-likeness (QED) is 0.893. The van der Waals surface area contributed by atoms with Gasteiger partial charge in [-0.15, -0.1) is 11.3 Å². The number of ether oxygens (including phenoxy) is 1. The average molecular weight is 337 g/mol. The molecule has 1 N–H and O–H groups in total. The Labute approximate surface area is 143 Å². The van der Waals surface area contributed by atoms with Crippen LogP contribution in [0.1, 0.15) is 64.3 Å². The van der Waals surface area contributed by atoms with Crippen LogP contribution in [0.3, 0.4) is 0 Å². The Morgan fingerprint density at radius 2 is 2.00 bits per heavy atom. The van der Waals surface area contributed by atoms with Crippen LogP contribution in [0.15, 0.2) is 17.5 Å². The Kier molecular flexibility index (Phi) is 4.70. The van der Waals surface area contributed by atoms with Crippen molar-refractivity contribution in [2.45, 2.75) is 83.1 Å². The molecule has 3 heterocycles. The van der Waals surface area contributed by atoms with Crippen molar-refractivity contribution in [3.8, 4) is 0 Å². The van der Waals surface area contributed by atoms with E-state index < -0.39 is 5.60 Å². The summed E-state index contributed by atoms with van der Waals surface area (Å²) >= 11 is 1.80. The second-order valence-electron chi connectivity index (χ2n) is 7.84. The predicted octanol–water partition coefficient (Wildman–Crippen LogP) is 4.33. The third-order valence-corrected chi connectivity index (χ3v) is 5.85. The molecule has 5 heteroatoms. The monoisotopic (exact) mass is 336 g/mol. The summed E-state index contributed by atoms with van der Waals surface area (Å²) in [7, 11) is 0. The lowest BCUT2D eigenvalue weighted by atomic mass is 9.97. The first-order valence-corrected chi connectivity index (χ1v) is 9.52. The minimum Gasteiger partial charge on any atom is -0.444 e. The molecule has 1 aromatic rings. The molecule has 4 nitrogen and oxygen atoms in total. The fraction of sp³-hybridized carbons (Fsp3) is 0.722. The van der Waals surface area contributed by atoms with E-state index in [4.69, 9.17) is 4.74 Å². The maximum atomic E-state index is 12.5. The molecule has 1 aromatic heterocycles. The van der Waals surface area contributed by atoms with Crippen molar-refractivity contribution in [2.75, 3.05) is 0 Å². The number of carbonyl (C=O) groups excluding carboxylic acids is 1. The number of piperidine rings is 1. The minimum absolute atomic E-state index is 0.130. The summed E-state index contributed by atoms with van der Waals surface area (Å²) < 4.78 is 5.60.